The molecule has 0 aliphatic carbocycles. The first kappa shape index (κ1) is 20.2. The molecule has 1 N–H and O–H groups in total. The SMILES string of the molecule is CC(C)C(=O)N1CCCN(C(=O)C2CCC(C(=O)O)N2c2cnn(C)c2)CC1. The lowest BCUT2D eigenvalue weighted by molar-refractivity contribution is -0.138. The van der Waals surface area contributed by atoms with E-state index < -0.39 is 18.1 Å². The van der Waals surface area contributed by atoms with Crippen LogP contribution in [0.3, 0.4) is 0 Å². The monoisotopic (exact) mass is 391 g/mol. The maximum absolute atomic E-state index is 13.3. The standard InChI is InChI=1S/C19H29N5O4/c1-13(2)17(25)22-7-4-8-23(10-9-22)18(26)15-5-6-16(19(27)28)24(15)14-11-20-21(3)12-14/h11-13,15-16H,4-10H2,1-3H3,(H,27,28). The average Bonchev–Trinajstić information content (AvgIpc) is 3.19. The second kappa shape index (κ2) is 8.20. The van der Waals surface area contributed by atoms with Gasteiger partial charge in [0.2, 0.25) is 11.8 Å². The number of carboxylic acids is 1. The first-order valence-corrected chi connectivity index (χ1v) is 9.87. The van der Waals surface area contributed by atoms with Gasteiger partial charge in [-0.3, -0.25) is 14.3 Å². The van der Waals surface area contributed by atoms with E-state index in [9.17, 15) is 19.5 Å². The zero-order valence-electron chi connectivity index (χ0n) is 16.7. The quantitative estimate of drug-likeness (QED) is 0.805. The zero-order valence-corrected chi connectivity index (χ0v) is 16.7. The third kappa shape index (κ3) is 3.98. The molecule has 3 rings (SSSR count). The third-order valence-corrected chi connectivity index (χ3v) is 5.56. The summed E-state index contributed by atoms with van der Waals surface area (Å²) in [6.45, 7) is 5.99. The Bertz CT molecular complexity index is 746. The molecule has 1 aromatic rings. The molecule has 3 heterocycles. The average molecular weight is 391 g/mol. The summed E-state index contributed by atoms with van der Waals surface area (Å²) in [4.78, 5) is 42.6. The molecule has 0 saturated carbocycles. The number of aryl methyl sites for hydroxylation is 1. The first-order chi connectivity index (χ1) is 13.3. The highest BCUT2D eigenvalue weighted by Gasteiger charge is 2.43. The second-order valence-corrected chi connectivity index (χ2v) is 7.89. The highest BCUT2D eigenvalue weighted by Crippen LogP contribution is 2.31. The molecule has 0 aromatic carbocycles. The minimum Gasteiger partial charge on any atom is -0.480 e. The van der Waals surface area contributed by atoms with Gasteiger partial charge in [-0.1, -0.05) is 13.8 Å². The lowest BCUT2D eigenvalue weighted by atomic mass is 10.1. The van der Waals surface area contributed by atoms with Crippen LogP contribution < -0.4 is 4.90 Å². The Morgan fingerprint density at radius 1 is 1.07 bits per heavy atom. The summed E-state index contributed by atoms with van der Waals surface area (Å²) in [7, 11) is 1.77. The number of aliphatic carboxylic acids is 1. The van der Waals surface area contributed by atoms with Crippen molar-refractivity contribution in [1.29, 1.82) is 0 Å². The molecular formula is C19H29N5O4. The highest BCUT2D eigenvalue weighted by atomic mass is 16.4. The number of rotatable bonds is 4. The van der Waals surface area contributed by atoms with Crippen LogP contribution in [-0.4, -0.2) is 80.7 Å². The number of carbonyl (C=O) groups excluding carboxylic acids is 2. The Morgan fingerprint density at radius 2 is 1.71 bits per heavy atom. The Balaban J connectivity index is 1.75. The number of amides is 2. The Labute approximate surface area is 164 Å². The van der Waals surface area contributed by atoms with Crippen molar-refractivity contribution in [2.75, 3.05) is 31.1 Å². The number of carboxylic acid groups (broad SMARTS) is 1. The summed E-state index contributed by atoms with van der Waals surface area (Å²) in [5.41, 5.74) is 0.650. The summed E-state index contributed by atoms with van der Waals surface area (Å²) in [6.07, 6.45) is 4.99. The van der Waals surface area contributed by atoms with Gasteiger partial charge in [0, 0.05) is 45.3 Å². The van der Waals surface area contributed by atoms with Crippen molar-refractivity contribution >= 4 is 23.5 Å². The molecule has 2 saturated heterocycles. The van der Waals surface area contributed by atoms with Crippen molar-refractivity contribution < 1.29 is 19.5 Å². The van der Waals surface area contributed by atoms with Crippen LogP contribution in [-0.2, 0) is 21.4 Å². The third-order valence-electron chi connectivity index (χ3n) is 5.56. The van der Waals surface area contributed by atoms with Gasteiger partial charge in [0.05, 0.1) is 11.9 Å². The molecule has 0 bridgehead atoms. The van der Waals surface area contributed by atoms with Crippen molar-refractivity contribution in [3.8, 4) is 0 Å². The van der Waals surface area contributed by atoms with Gasteiger partial charge in [-0.2, -0.15) is 5.10 Å². The molecule has 0 spiro atoms. The molecule has 9 nitrogen and oxygen atoms in total. The van der Waals surface area contributed by atoms with Gasteiger partial charge in [-0.15, -0.1) is 0 Å². The molecule has 28 heavy (non-hydrogen) atoms. The number of hydrogen-bond acceptors (Lipinski definition) is 5. The van der Waals surface area contributed by atoms with Crippen molar-refractivity contribution in [2.45, 2.75) is 45.2 Å². The minimum atomic E-state index is -0.927. The number of carbonyl (C=O) groups is 3. The van der Waals surface area contributed by atoms with Crippen LogP contribution in [0.4, 0.5) is 5.69 Å². The molecular weight excluding hydrogens is 362 g/mol. The van der Waals surface area contributed by atoms with Gasteiger partial charge < -0.3 is 19.8 Å². The molecule has 2 aliphatic heterocycles. The predicted octanol–water partition coefficient (Wildman–Crippen LogP) is 0.559. The van der Waals surface area contributed by atoms with Crippen LogP contribution >= 0.6 is 0 Å². The summed E-state index contributed by atoms with van der Waals surface area (Å²) < 4.78 is 1.61. The topological polar surface area (TPSA) is 99.0 Å². The fourth-order valence-electron chi connectivity index (χ4n) is 4.13. The molecule has 2 amide bonds. The van der Waals surface area contributed by atoms with E-state index in [2.05, 4.69) is 5.10 Å². The van der Waals surface area contributed by atoms with Crippen LogP contribution in [0.25, 0.3) is 0 Å². The molecule has 2 atom stereocenters. The van der Waals surface area contributed by atoms with Gasteiger partial charge in [-0.05, 0) is 19.3 Å². The predicted molar refractivity (Wildman–Crippen MR) is 103 cm³/mol. The molecule has 2 aliphatic rings. The van der Waals surface area contributed by atoms with Gasteiger partial charge in [0.25, 0.3) is 0 Å². The number of nitrogens with zero attached hydrogens (tertiary/aromatic N) is 5. The lowest BCUT2D eigenvalue weighted by Gasteiger charge is -2.32. The van der Waals surface area contributed by atoms with E-state index in [4.69, 9.17) is 0 Å². The van der Waals surface area contributed by atoms with Gasteiger partial charge >= 0.3 is 5.97 Å². The van der Waals surface area contributed by atoms with Gasteiger partial charge in [0.1, 0.15) is 12.1 Å². The van der Waals surface area contributed by atoms with Crippen LogP contribution in [0, 0.1) is 5.92 Å². The van der Waals surface area contributed by atoms with Crippen LogP contribution in [0.2, 0.25) is 0 Å². The lowest BCUT2D eigenvalue weighted by Crippen LogP contribution is -2.50. The normalized spacial score (nSPS) is 23.2. The highest BCUT2D eigenvalue weighted by molar-refractivity contribution is 5.90. The number of anilines is 1. The Morgan fingerprint density at radius 3 is 2.32 bits per heavy atom. The summed E-state index contributed by atoms with van der Waals surface area (Å²) >= 11 is 0. The van der Waals surface area contributed by atoms with Gasteiger partial charge in [0.15, 0.2) is 0 Å². The smallest absolute Gasteiger partial charge is 0.326 e. The molecule has 2 fully saturated rings. The second-order valence-electron chi connectivity index (χ2n) is 7.89. The van der Waals surface area contributed by atoms with E-state index in [-0.39, 0.29) is 17.7 Å². The fourth-order valence-corrected chi connectivity index (χ4v) is 4.13. The van der Waals surface area contributed by atoms with E-state index >= 15 is 0 Å². The molecule has 0 radical (unpaired) electrons. The Kier molecular flexibility index (Phi) is 5.90. The maximum atomic E-state index is 13.3. The van der Waals surface area contributed by atoms with Crippen LogP contribution in [0.1, 0.15) is 33.1 Å². The fraction of sp³-hybridized carbons (Fsp3) is 0.684. The van der Waals surface area contributed by atoms with E-state index in [1.165, 1.54) is 0 Å². The van der Waals surface area contributed by atoms with Crippen molar-refractivity contribution in [1.82, 2.24) is 19.6 Å². The summed E-state index contributed by atoms with van der Waals surface area (Å²) in [5.74, 6) is -0.942. The van der Waals surface area contributed by atoms with E-state index in [1.54, 1.807) is 33.9 Å². The zero-order chi connectivity index (χ0) is 20.4. The van der Waals surface area contributed by atoms with Crippen molar-refractivity contribution in [2.24, 2.45) is 13.0 Å². The summed E-state index contributed by atoms with van der Waals surface area (Å²) in [6, 6.07) is -1.25. The van der Waals surface area contributed by atoms with Gasteiger partial charge in [-0.25, -0.2) is 4.79 Å². The maximum Gasteiger partial charge on any atom is 0.326 e. The van der Waals surface area contributed by atoms with Crippen molar-refractivity contribution in [3.63, 3.8) is 0 Å². The Hall–Kier alpha value is -2.58. The van der Waals surface area contributed by atoms with Crippen LogP contribution in [0.5, 0.6) is 0 Å². The minimum absolute atomic E-state index is 0.0607. The largest absolute Gasteiger partial charge is 0.480 e. The number of hydrogen-bond donors (Lipinski definition) is 1. The van der Waals surface area contributed by atoms with Crippen LogP contribution in [0.15, 0.2) is 12.4 Å². The van der Waals surface area contributed by atoms with E-state index in [0.717, 1.165) is 6.42 Å². The molecule has 1 aromatic heterocycles. The van der Waals surface area contributed by atoms with E-state index in [1.807, 2.05) is 18.7 Å². The first-order valence-electron chi connectivity index (χ1n) is 9.87. The molecule has 2 unspecified atom stereocenters. The number of aromatic nitrogens is 2. The van der Waals surface area contributed by atoms with Crippen molar-refractivity contribution in [3.05, 3.63) is 12.4 Å². The molecule has 9 heteroatoms. The molecule has 154 valence electrons. The summed E-state index contributed by atoms with van der Waals surface area (Å²) in [5, 5.41) is 13.8. The van der Waals surface area contributed by atoms with E-state index in [0.29, 0.717) is 44.7 Å².